The van der Waals surface area contributed by atoms with Crippen LogP contribution in [0.5, 0.6) is 11.5 Å². The van der Waals surface area contributed by atoms with E-state index in [9.17, 15) is 38.0 Å². The number of hydrogen-bond donors (Lipinski definition) is 3. The number of allylic oxidation sites excluding steroid dienone is 2. The molecule has 3 N–H and O–H groups in total. The zero-order chi connectivity index (χ0) is 33.3. The first-order valence-corrected chi connectivity index (χ1v) is 13.8. The molecule has 244 valence electrons. The predicted molar refractivity (Wildman–Crippen MR) is 154 cm³/mol. The van der Waals surface area contributed by atoms with Crippen molar-refractivity contribution >= 4 is 17.6 Å². The van der Waals surface area contributed by atoms with Crippen LogP contribution in [0.15, 0.2) is 71.1 Å². The Bertz CT molecular complexity index is 1440. The topological polar surface area (TPSA) is 158 Å². The smallest absolute Gasteiger partial charge is 0.431 e. The van der Waals surface area contributed by atoms with Crippen LogP contribution in [0.25, 0.3) is 0 Å². The molecule has 2 aromatic rings. The number of nitro groups is 1. The van der Waals surface area contributed by atoms with Gasteiger partial charge in [0.25, 0.3) is 5.69 Å². The van der Waals surface area contributed by atoms with Gasteiger partial charge in [0.1, 0.15) is 43.1 Å². The van der Waals surface area contributed by atoms with Crippen LogP contribution in [0.3, 0.4) is 0 Å². The molecule has 2 unspecified atom stereocenters. The van der Waals surface area contributed by atoms with Crippen LogP contribution in [0.1, 0.15) is 32.3 Å². The van der Waals surface area contributed by atoms with Crippen molar-refractivity contribution in [3.8, 4) is 11.5 Å². The summed E-state index contributed by atoms with van der Waals surface area (Å²) in [5, 5.41) is 26.9. The lowest BCUT2D eigenvalue weighted by Crippen LogP contribution is -2.38. The molecule has 12 nitrogen and oxygen atoms in total. The largest absolute Gasteiger partial charge is 0.491 e. The lowest BCUT2D eigenvalue weighted by atomic mass is 9.79. The summed E-state index contributed by atoms with van der Waals surface area (Å²) in [5.41, 5.74) is -4.24. The Balaban J connectivity index is 1.75. The number of dihydropyridines is 1. The average molecular weight is 638 g/mol. The molecule has 0 aliphatic carbocycles. The predicted octanol–water partition coefficient (Wildman–Crippen LogP) is 3.90. The maximum absolute atomic E-state index is 14.1. The quantitative estimate of drug-likeness (QED) is 0.119. The number of aliphatic hydroxyl groups excluding tert-OH is 1. The fourth-order valence-corrected chi connectivity index (χ4v) is 4.49. The zero-order valence-corrected chi connectivity index (χ0v) is 25.0. The van der Waals surface area contributed by atoms with Gasteiger partial charge < -0.3 is 34.7 Å². The van der Waals surface area contributed by atoms with Crippen LogP contribution in [0.2, 0.25) is 0 Å². The van der Waals surface area contributed by atoms with Gasteiger partial charge in [0.2, 0.25) is 0 Å². The third-order valence-electron chi connectivity index (χ3n) is 6.53. The Labute approximate surface area is 256 Å². The van der Waals surface area contributed by atoms with E-state index in [4.69, 9.17) is 14.2 Å². The highest BCUT2D eigenvalue weighted by Gasteiger charge is 2.48. The molecule has 0 fully saturated rings. The summed E-state index contributed by atoms with van der Waals surface area (Å²) in [6, 6.07) is 11.5. The van der Waals surface area contributed by atoms with Crippen LogP contribution in [0.4, 0.5) is 18.9 Å². The van der Waals surface area contributed by atoms with E-state index in [-0.39, 0.29) is 37.1 Å². The van der Waals surface area contributed by atoms with Gasteiger partial charge in [-0.15, -0.1) is 0 Å². The van der Waals surface area contributed by atoms with E-state index in [2.05, 4.69) is 15.4 Å². The molecule has 0 saturated carbocycles. The van der Waals surface area contributed by atoms with E-state index < -0.39 is 57.6 Å². The maximum Gasteiger partial charge on any atom is 0.431 e. The highest BCUT2D eigenvalue weighted by atomic mass is 19.4. The summed E-state index contributed by atoms with van der Waals surface area (Å²) in [4.78, 5) is 37.0. The second-order valence-corrected chi connectivity index (χ2v) is 10.2. The molecular weight excluding hydrogens is 603 g/mol. The van der Waals surface area contributed by atoms with Crippen molar-refractivity contribution in [2.75, 3.05) is 33.5 Å². The van der Waals surface area contributed by atoms with E-state index in [1.54, 1.807) is 24.3 Å². The molecular formula is C30H34F3N3O9. The molecule has 2 aromatic carbocycles. The second-order valence-electron chi connectivity index (χ2n) is 10.2. The fraction of sp³-hybridized carbons (Fsp3) is 0.400. The first kappa shape index (κ1) is 34.9. The van der Waals surface area contributed by atoms with Gasteiger partial charge in [0, 0.05) is 29.9 Å². The molecule has 15 heteroatoms. The molecule has 0 spiro atoms. The number of benzene rings is 2. The molecule has 1 aliphatic heterocycles. The monoisotopic (exact) mass is 637 g/mol. The van der Waals surface area contributed by atoms with Crippen LogP contribution >= 0.6 is 0 Å². The Hall–Kier alpha value is -4.63. The number of rotatable bonds is 14. The molecule has 0 aromatic heterocycles. The fourth-order valence-electron chi connectivity index (χ4n) is 4.49. The van der Waals surface area contributed by atoms with E-state index >= 15 is 0 Å². The Morgan fingerprint density at radius 3 is 2.22 bits per heavy atom. The van der Waals surface area contributed by atoms with Gasteiger partial charge in [-0.05, 0) is 31.2 Å². The van der Waals surface area contributed by atoms with Crippen molar-refractivity contribution in [1.82, 2.24) is 10.6 Å². The first-order valence-electron chi connectivity index (χ1n) is 13.8. The lowest BCUT2D eigenvalue weighted by Gasteiger charge is -2.31. The number of aliphatic hydroxyl groups is 1. The number of hydrogen-bond acceptors (Lipinski definition) is 11. The number of methoxy groups -OCH3 is 1. The number of halogens is 3. The molecule has 45 heavy (non-hydrogen) atoms. The minimum atomic E-state index is -5.10. The highest BCUT2D eigenvalue weighted by Crippen LogP contribution is 2.45. The van der Waals surface area contributed by atoms with Crippen molar-refractivity contribution < 1.29 is 51.7 Å². The molecule has 0 saturated heterocycles. The van der Waals surface area contributed by atoms with E-state index in [1.807, 2.05) is 13.8 Å². The second kappa shape index (κ2) is 15.4. The number of carbonyl (C=O) groups is 2. The van der Waals surface area contributed by atoms with E-state index in [0.29, 0.717) is 18.0 Å². The van der Waals surface area contributed by atoms with Crippen molar-refractivity contribution in [3.63, 3.8) is 0 Å². The minimum Gasteiger partial charge on any atom is -0.491 e. The zero-order valence-electron chi connectivity index (χ0n) is 25.0. The van der Waals surface area contributed by atoms with Crippen molar-refractivity contribution in [3.05, 3.63) is 86.7 Å². The average Bonchev–Trinajstić information content (AvgIpc) is 3.00. The third kappa shape index (κ3) is 9.18. The van der Waals surface area contributed by atoms with Gasteiger partial charge in [0.15, 0.2) is 0 Å². The molecule has 0 amide bonds. The normalized spacial score (nSPS) is 15.8. The van der Waals surface area contributed by atoms with Gasteiger partial charge in [-0.3, -0.25) is 10.1 Å². The molecule has 3 rings (SSSR count). The van der Waals surface area contributed by atoms with Crippen LogP contribution in [-0.2, 0) is 19.1 Å². The van der Waals surface area contributed by atoms with E-state index in [0.717, 1.165) is 26.2 Å². The summed E-state index contributed by atoms with van der Waals surface area (Å²) in [6.45, 7) is 5.02. The van der Waals surface area contributed by atoms with Gasteiger partial charge in [-0.2, -0.15) is 13.2 Å². The maximum atomic E-state index is 14.1. The molecule has 1 heterocycles. The first-order chi connectivity index (χ1) is 21.2. The van der Waals surface area contributed by atoms with Gasteiger partial charge in [-0.25, -0.2) is 9.59 Å². The van der Waals surface area contributed by atoms with Crippen LogP contribution < -0.4 is 20.1 Å². The van der Waals surface area contributed by atoms with E-state index in [1.165, 1.54) is 12.1 Å². The van der Waals surface area contributed by atoms with Crippen molar-refractivity contribution in [1.29, 1.82) is 0 Å². The number of para-hydroxylation sites is 1. The van der Waals surface area contributed by atoms with Gasteiger partial charge in [0.05, 0.1) is 29.1 Å². The summed E-state index contributed by atoms with van der Waals surface area (Å²) >= 11 is 0. The number of esters is 2. The SMILES string of the molecule is COC(=O)C1=C(C(F)(F)F)NC(C)=C(C(=O)OCCOc2ccc(OCC(O)CNC(C)C)cc2)C1c1ccccc1[N+](=O)[O-]. The summed E-state index contributed by atoms with van der Waals surface area (Å²) in [5.74, 6) is -3.52. The van der Waals surface area contributed by atoms with Gasteiger partial charge >= 0.3 is 18.1 Å². The Kier molecular flexibility index (Phi) is 11.9. The van der Waals surface area contributed by atoms with Crippen molar-refractivity contribution in [2.24, 2.45) is 0 Å². The Morgan fingerprint density at radius 2 is 1.64 bits per heavy atom. The number of alkyl halides is 3. The molecule has 2 atom stereocenters. The van der Waals surface area contributed by atoms with Gasteiger partial charge in [-0.1, -0.05) is 32.0 Å². The number of nitrogens with zero attached hydrogens (tertiary/aromatic N) is 1. The Morgan fingerprint density at radius 1 is 1.02 bits per heavy atom. The number of carbonyl (C=O) groups excluding carboxylic acids is 2. The number of ether oxygens (including phenoxy) is 4. The van der Waals surface area contributed by atoms with Crippen LogP contribution in [0, 0.1) is 10.1 Å². The van der Waals surface area contributed by atoms with Crippen LogP contribution in [-0.4, -0.2) is 73.8 Å². The molecule has 0 radical (unpaired) electrons. The lowest BCUT2D eigenvalue weighted by molar-refractivity contribution is -0.385. The highest BCUT2D eigenvalue weighted by molar-refractivity contribution is 6.00. The summed E-state index contributed by atoms with van der Waals surface area (Å²) < 4.78 is 63.2. The number of nitrogens with one attached hydrogen (secondary N) is 2. The number of nitro benzene ring substituents is 1. The summed E-state index contributed by atoms with van der Waals surface area (Å²) in [6.07, 6.45) is -5.80. The third-order valence-corrected chi connectivity index (χ3v) is 6.53. The standard InChI is InChI=1S/C30H34F3N3O9/c1-17(2)34-15-19(37)16-45-21-11-9-20(10-12-21)43-13-14-44-29(39)24-18(3)35-27(30(31,32)33)26(28(38)42-4)25(24)22-7-5-6-8-23(22)36(40)41/h5-12,17,19,25,34-35,37H,13-16H2,1-4H3. The minimum absolute atomic E-state index is 0.0739. The van der Waals surface area contributed by atoms with Crippen molar-refractivity contribution in [2.45, 2.75) is 45.0 Å². The summed E-state index contributed by atoms with van der Waals surface area (Å²) in [7, 11) is 0.855. The molecule has 1 aliphatic rings. The molecule has 0 bridgehead atoms.